The first-order valence-electron chi connectivity index (χ1n) is 14.0. The van der Waals surface area contributed by atoms with Crippen molar-refractivity contribution in [1.82, 2.24) is 9.97 Å². The fourth-order valence-electron chi connectivity index (χ4n) is 5.74. The van der Waals surface area contributed by atoms with E-state index in [1.54, 1.807) is 18.7 Å². The SMILES string of the molecule is CC(C)(C)[Si](O[Si](c1ccccc1)(c1ccccc1)C(C)(C)C)(c1ccccc1)c1ccccc1.c1c[nH]cn1. The van der Waals surface area contributed by atoms with Crippen molar-refractivity contribution in [3.05, 3.63) is 140 Å². The number of H-pyrrole nitrogens is 1. The molecule has 0 aliphatic carbocycles. The maximum absolute atomic E-state index is 8.18. The molecule has 0 unspecified atom stereocenters. The van der Waals surface area contributed by atoms with E-state index in [1.165, 1.54) is 20.7 Å². The van der Waals surface area contributed by atoms with Gasteiger partial charge < -0.3 is 9.10 Å². The van der Waals surface area contributed by atoms with Gasteiger partial charge in [-0.2, -0.15) is 0 Å². The van der Waals surface area contributed by atoms with E-state index in [0.717, 1.165) is 0 Å². The molecular formula is C35H42N2OSi2. The standard InChI is InChI=1S/C32H38OSi2.C3H4N2/c1-31(2,3)34(27-19-11-7-12-20-27,28-21-13-8-14-22-28)33-35(32(4,5)6,29-23-15-9-16-24-29)30-25-17-10-18-26-30;1-2-5-3-4-1/h7-26H,1-6H3;1-3H,(H,4,5). The van der Waals surface area contributed by atoms with Crippen molar-refractivity contribution in [2.24, 2.45) is 0 Å². The minimum absolute atomic E-state index is 0.0945. The van der Waals surface area contributed by atoms with Gasteiger partial charge in [0.25, 0.3) is 16.6 Å². The lowest BCUT2D eigenvalue weighted by Crippen LogP contribution is -2.78. The van der Waals surface area contributed by atoms with Gasteiger partial charge in [0.05, 0.1) is 6.33 Å². The Morgan fingerprint density at radius 1 is 0.500 bits per heavy atom. The van der Waals surface area contributed by atoms with E-state index in [1.807, 2.05) is 0 Å². The molecule has 0 saturated carbocycles. The predicted octanol–water partition coefficient (Wildman–Crippen LogP) is 6.53. The number of nitrogens with one attached hydrogen (secondary N) is 1. The first-order valence-corrected chi connectivity index (χ1v) is 17.8. The van der Waals surface area contributed by atoms with Gasteiger partial charge in [0.2, 0.25) is 0 Å². The van der Waals surface area contributed by atoms with Crippen LogP contribution in [0, 0.1) is 0 Å². The molecule has 5 aromatic rings. The molecule has 0 fully saturated rings. The molecule has 0 atom stereocenters. The smallest absolute Gasteiger partial charge is 0.251 e. The van der Waals surface area contributed by atoms with Crippen LogP contribution in [0.3, 0.4) is 0 Å². The molecule has 0 saturated heterocycles. The molecule has 1 aromatic heterocycles. The number of aromatic nitrogens is 2. The normalized spacial score (nSPS) is 12.3. The Kier molecular flexibility index (Phi) is 9.09. The highest BCUT2D eigenvalue weighted by molar-refractivity contribution is 7.11. The fourth-order valence-corrected chi connectivity index (χ4v) is 18.7. The number of benzene rings is 4. The van der Waals surface area contributed by atoms with Crippen molar-refractivity contribution in [3.8, 4) is 0 Å². The molecule has 0 amide bonds. The van der Waals surface area contributed by atoms with Crippen LogP contribution in [0.2, 0.25) is 10.1 Å². The number of aromatic amines is 1. The third-order valence-corrected chi connectivity index (χ3v) is 18.8. The number of hydrogen-bond acceptors (Lipinski definition) is 2. The second-order valence-electron chi connectivity index (χ2n) is 12.2. The minimum Gasteiger partial charge on any atom is -0.441 e. The van der Waals surface area contributed by atoms with Crippen LogP contribution >= 0.6 is 0 Å². The molecule has 40 heavy (non-hydrogen) atoms. The van der Waals surface area contributed by atoms with Gasteiger partial charge >= 0.3 is 0 Å². The van der Waals surface area contributed by atoms with Crippen molar-refractivity contribution in [2.75, 3.05) is 0 Å². The summed E-state index contributed by atoms with van der Waals surface area (Å²) in [5.41, 5.74) is 0. The Labute approximate surface area is 242 Å². The molecule has 5 rings (SSSR count). The highest BCUT2D eigenvalue weighted by Gasteiger charge is 2.60. The number of hydrogen-bond donors (Lipinski definition) is 1. The molecule has 0 aliphatic heterocycles. The van der Waals surface area contributed by atoms with Gasteiger partial charge in [-0.05, 0) is 30.8 Å². The second-order valence-corrected chi connectivity index (χ2v) is 21.0. The van der Waals surface area contributed by atoms with Crippen LogP contribution in [0.4, 0.5) is 0 Å². The summed E-state index contributed by atoms with van der Waals surface area (Å²) in [5, 5.41) is 5.11. The lowest BCUT2D eigenvalue weighted by Gasteiger charge is -2.53. The zero-order valence-electron chi connectivity index (χ0n) is 24.6. The van der Waals surface area contributed by atoms with Crippen LogP contribution in [0.25, 0.3) is 0 Å². The van der Waals surface area contributed by atoms with E-state index >= 15 is 0 Å². The summed E-state index contributed by atoms with van der Waals surface area (Å²) >= 11 is 0. The van der Waals surface area contributed by atoms with E-state index in [-0.39, 0.29) is 10.1 Å². The summed E-state index contributed by atoms with van der Waals surface area (Å²) in [5.74, 6) is 0. The number of rotatable bonds is 6. The topological polar surface area (TPSA) is 37.9 Å². The Morgan fingerprint density at radius 3 is 0.975 bits per heavy atom. The Balaban J connectivity index is 0.000000666. The molecule has 1 N–H and O–H groups in total. The van der Waals surface area contributed by atoms with Crippen molar-refractivity contribution in [1.29, 1.82) is 0 Å². The van der Waals surface area contributed by atoms with Crippen molar-refractivity contribution in [3.63, 3.8) is 0 Å². The first-order chi connectivity index (χ1) is 19.1. The van der Waals surface area contributed by atoms with Gasteiger partial charge in [0.15, 0.2) is 0 Å². The van der Waals surface area contributed by atoms with Crippen LogP contribution in [0.1, 0.15) is 41.5 Å². The maximum atomic E-state index is 8.18. The molecule has 206 valence electrons. The number of nitrogens with zero attached hydrogens (tertiary/aromatic N) is 1. The zero-order chi connectivity index (χ0) is 28.7. The van der Waals surface area contributed by atoms with Gasteiger partial charge in [-0.15, -0.1) is 0 Å². The number of imidazole rings is 1. The molecule has 5 heteroatoms. The summed E-state index contributed by atoms with van der Waals surface area (Å²) < 4.78 is 8.18. The van der Waals surface area contributed by atoms with Gasteiger partial charge in [0, 0.05) is 12.4 Å². The fraction of sp³-hybridized carbons (Fsp3) is 0.229. The Morgan fingerprint density at radius 2 is 0.800 bits per heavy atom. The van der Waals surface area contributed by atoms with Gasteiger partial charge in [-0.25, -0.2) is 4.98 Å². The molecule has 0 radical (unpaired) electrons. The van der Waals surface area contributed by atoms with E-state index < -0.39 is 16.6 Å². The maximum Gasteiger partial charge on any atom is 0.251 e. The average molecular weight is 563 g/mol. The molecule has 1 heterocycles. The van der Waals surface area contributed by atoms with Gasteiger partial charge in [-0.1, -0.05) is 163 Å². The van der Waals surface area contributed by atoms with Crippen molar-refractivity contribution in [2.45, 2.75) is 51.6 Å². The summed E-state index contributed by atoms with van der Waals surface area (Å²) in [6, 6.07) is 44.1. The summed E-state index contributed by atoms with van der Waals surface area (Å²) in [6.45, 7) is 14.2. The molecule has 3 nitrogen and oxygen atoms in total. The second kappa shape index (κ2) is 12.3. The molecule has 0 spiro atoms. The molecular weight excluding hydrogens is 521 g/mol. The first kappa shape index (κ1) is 29.5. The quantitative estimate of drug-likeness (QED) is 0.239. The predicted molar refractivity (Wildman–Crippen MR) is 175 cm³/mol. The van der Waals surface area contributed by atoms with Crippen molar-refractivity contribution < 1.29 is 4.12 Å². The molecule has 0 bridgehead atoms. The van der Waals surface area contributed by atoms with E-state index in [0.29, 0.717) is 0 Å². The lowest BCUT2D eigenvalue weighted by atomic mass is 10.2. The zero-order valence-corrected chi connectivity index (χ0v) is 26.6. The van der Waals surface area contributed by atoms with Gasteiger partial charge in [0.1, 0.15) is 0 Å². The van der Waals surface area contributed by atoms with Gasteiger partial charge in [-0.3, -0.25) is 0 Å². The Hall–Kier alpha value is -3.52. The molecule has 4 aromatic carbocycles. The van der Waals surface area contributed by atoms with Crippen LogP contribution in [0.15, 0.2) is 140 Å². The van der Waals surface area contributed by atoms with Crippen LogP contribution in [-0.4, -0.2) is 26.6 Å². The van der Waals surface area contributed by atoms with Crippen LogP contribution < -0.4 is 20.7 Å². The van der Waals surface area contributed by atoms with Crippen LogP contribution in [0.5, 0.6) is 0 Å². The van der Waals surface area contributed by atoms with E-state index in [2.05, 4.69) is 173 Å². The van der Waals surface area contributed by atoms with E-state index in [4.69, 9.17) is 4.12 Å². The average Bonchev–Trinajstić information content (AvgIpc) is 3.55. The third-order valence-electron chi connectivity index (χ3n) is 7.55. The monoisotopic (exact) mass is 562 g/mol. The minimum atomic E-state index is -2.80. The Bertz CT molecular complexity index is 1220. The molecule has 0 aliphatic rings. The van der Waals surface area contributed by atoms with E-state index in [9.17, 15) is 0 Å². The largest absolute Gasteiger partial charge is 0.441 e. The lowest BCUT2D eigenvalue weighted by molar-refractivity contribution is 0.475. The van der Waals surface area contributed by atoms with Crippen molar-refractivity contribution >= 4 is 37.4 Å². The summed E-state index contributed by atoms with van der Waals surface area (Å²) in [6.07, 6.45) is 5.08. The van der Waals surface area contributed by atoms with Crippen LogP contribution in [-0.2, 0) is 4.12 Å². The highest BCUT2D eigenvalue weighted by atomic mass is 28.4. The summed E-state index contributed by atoms with van der Waals surface area (Å²) in [4.78, 5) is 6.42. The third kappa shape index (κ3) is 5.82. The highest BCUT2D eigenvalue weighted by Crippen LogP contribution is 2.44. The summed E-state index contributed by atoms with van der Waals surface area (Å²) in [7, 11) is -5.60.